The van der Waals surface area contributed by atoms with Crippen molar-refractivity contribution >= 4 is 11.5 Å². The van der Waals surface area contributed by atoms with E-state index in [0.717, 1.165) is 17.7 Å². The minimum Gasteiger partial charge on any atom is -0.406 e. The number of halogens is 3. The molecule has 1 aromatic rings. The number of amidine groups is 1. The summed E-state index contributed by atoms with van der Waals surface area (Å²) in [6.45, 7) is 2.00. The zero-order chi connectivity index (χ0) is 14.8. The van der Waals surface area contributed by atoms with Gasteiger partial charge in [0.2, 0.25) is 0 Å². The Kier molecular flexibility index (Phi) is 3.96. The number of nitrogens with two attached hydrogens (primary N) is 1. The summed E-state index contributed by atoms with van der Waals surface area (Å²) >= 11 is 0. The fourth-order valence-corrected chi connectivity index (χ4v) is 2.05. The highest BCUT2D eigenvalue weighted by Crippen LogP contribution is 2.25. The van der Waals surface area contributed by atoms with Gasteiger partial charge in [0, 0.05) is 12.3 Å². The summed E-state index contributed by atoms with van der Waals surface area (Å²) < 4.78 is 40.1. The molecule has 2 rings (SSSR count). The Bertz CT molecular complexity index is 535. The molecule has 20 heavy (non-hydrogen) atoms. The molecule has 0 spiro atoms. The van der Waals surface area contributed by atoms with Gasteiger partial charge in [0.05, 0.1) is 5.71 Å². The predicted molar refractivity (Wildman–Crippen MR) is 69.7 cm³/mol. The first kappa shape index (κ1) is 14.4. The van der Waals surface area contributed by atoms with E-state index >= 15 is 0 Å². The summed E-state index contributed by atoms with van der Waals surface area (Å²) in [5, 5.41) is 7.89. The smallest absolute Gasteiger partial charge is 0.406 e. The minimum absolute atomic E-state index is 0.127. The van der Waals surface area contributed by atoms with Crippen molar-refractivity contribution < 1.29 is 17.9 Å². The quantitative estimate of drug-likeness (QED) is 0.927. The Labute approximate surface area is 114 Å². The van der Waals surface area contributed by atoms with Crippen LogP contribution in [-0.2, 0) is 0 Å². The number of hydrogen-bond acceptors (Lipinski definition) is 4. The van der Waals surface area contributed by atoms with Gasteiger partial charge in [-0.25, -0.2) is 0 Å². The van der Waals surface area contributed by atoms with E-state index in [1.807, 2.05) is 6.92 Å². The molecule has 1 unspecified atom stereocenters. The number of benzene rings is 1. The third-order valence-corrected chi connectivity index (χ3v) is 3.00. The summed E-state index contributed by atoms with van der Waals surface area (Å²) in [6.07, 6.45) is -3.25. The molecule has 1 atom stereocenters. The van der Waals surface area contributed by atoms with Gasteiger partial charge in [-0.05, 0) is 36.2 Å². The standard InChI is InChI=1S/C13H14F3N3O/c1-2-8-7-11(17)18-19-12(8)9-3-5-10(6-4-9)20-13(14,15)16/h3-6,8H,2,7H2,1H3,(H2,17,18). The van der Waals surface area contributed by atoms with E-state index in [0.29, 0.717) is 12.3 Å². The first-order chi connectivity index (χ1) is 9.39. The van der Waals surface area contributed by atoms with Crippen LogP contribution in [0.25, 0.3) is 0 Å². The van der Waals surface area contributed by atoms with Gasteiger partial charge in [-0.15, -0.1) is 18.3 Å². The Morgan fingerprint density at radius 1 is 1.25 bits per heavy atom. The van der Waals surface area contributed by atoms with Gasteiger partial charge >= 0.3 is 6.36 Å². The number of nitrogens with zero attached hydrogens (tertiary/aromatic N) is 2. The average molecular weight is 285 g/mol. The van der Waals surface area contributed by atoms with Crippen LogP contribution in [0.4, 0.5) is 13.2 Å². The lowest BCUT2D eigenvalue weighted by Gasteiger charge is -2.20. The molecule has 2 N–H and O–H groups in total. The maximum absolute atomic E-state index is 12.1. The van der Waals surface area contributed by atoms with Crippen LogP contribution in [0.3, 0.4) is 0 Å². The van der Waals surface area contributed by atoms with Crippen molar-refractivity contribution in [3.05, 3.63) is 29.8 Å². The van der Waals surface area contributed by atoms with Gasteiger partial charge in [0.15, 0.2) is 0 Å². The summed E-state index contributed by atoms with van der Waals surface area (Å²) in [7, 11) is 0. The van der Waals surface area contributed by atoms with E-state index in [1.165, 1.54) is 12.1 Å². The molecular weight excluding hydrogens is 271 g/mol. The van der Waals surface area contributed by atoms with E-state index < -0.39 is 6.36 Å². The third-order valence-electron chi connectivity index (χ3n) is 3.00. The van der Waals surface area contributed by atoms with Crippen LogP contribution in [0, 0.1) is 5.92 Å². The Morgan fingerprint density at radius 2 is 1.90 bits per heavy atom. The fourth-order valence-electron chi connectivity index (χ4n) is 2.05. The molecule has 0 fully saturated rings. The molecule has 1 aromatic carbocycles. The molecule has 1 aliphatic rings. The van der Waals surface area contributed by atoms with E-state index in [4.69, 9.17) is 5.73 Å². The molecule has 0 bridgehead atoms. The zero-order valence-corrected chi connectivity index (χ0v) is 10.8. The Morgan fingerprint density at radius 3 is 2.45 bits per heavy atom. The maximum atomic E-state index is 12.1. The van der Waals surface area contributed by atoms with Crippen molar-refractivity contribution in [2.45, 2.75) is 26.1 Å². The fraction of sp³-hybridized carbons (Fsp3) is 0.385. The summed E-state index contributed by atoms with van der Waals surface area (Å²) in [5.74, 6) is 0.341. The molecule has 4 nitrogen and oxygen atoms in total. The second-order valence-electron chi connectivity index (χ2n) is 4.46. The van der Waals surface area contributed by atoms with Gasteiger partial charge in [-0.3, -0.25) is 0 Å². The highest BCUT2D eigenvalue weighted by Gasteiger charge is 2.31. The van der Waals surface area contributed by atoms with Crippen molar-refractivity contribution in [2.75, 3.05) is 0 Å². The molecule has 1 heterocycles. The lowest BCUT2D eigenvalue weighted by atomic mass is 9.90. The summed E-state index contributed by atoms with van der Waals surface area (Å²) in [6, 6.07) is 5.61. The molecule has 0 saturated heterocycles. The van der Waals surface area contributed by atoms with E-state index in [2.05, 4.69) is 14.9 Å². The largest absolute Gasteiger partial charge is 0.573 e. The second kappa shape index (κ2) is 5.52. The van der Waals surface area contributed by atoms with Crippen LogP contribution in [-0.4, -0.2) is 17.9 Å². The van der Waals surface area contributed by atoms with Crippen molar-refractivity contribution in [1.82, 2.24) is 0 Å². The molecule has 0 aromatic heterocycles. The van der Waals surface area contributed by atoms with Crippen molar-refractivity contribution in [1.29, 1.82) is 0 Å². The van der Waals surface area contributed by atoms with Crippen LogP contribution in [0.5, 0.6) is 5.75 Å². The van der Waals surface area contributed by atoms with Crippen molar-refractivity contribution in [2.24, 2.45) is 21.9 Å². The summed E-state index contributed by atoms with van der Waals surface area (Å²) in [5.41, 5.74) is 7.09. The Hall–Kier alpha value is -2.05. The average Bonchev–Trinajstić information content (AvgIpc) is 2.38. The van der Waals surface area contributed by atoms with Crippen LogP contribution < -0.4 is 10.5 Å². The first-order valence-electron chi connectivity index (χ1n) is 6.15. The molecule has 108 valence electrons. The number of ether oxygens (including phenoxy) is 1. The van der Waals surface area contributed by atoms with Gasteiger partial charge in [-0.2, -0.15) is 5.10 Å². The molecule has 0 amide bonds. The SMILES string of the molecule is CCC1CC(N)=NN=C1c1ccc(OC(F)(F)F)cc1. The first-order valence-corrected chi connectivity index (χ1v) is 6.15. The van der Waals surface area contributed by atoms with Crippen molar-refractivity contribution in [3.63, 3.8) is 0 Å². The predicted octanol–water partition coefficient (Wildman–Crippen LogP) is 3.08. The maximum Gasteiger partial charge on any atom is 0.573 e. The van der Waals surface area contributed by atoms with Gasteiger partial charge < -0.3 is 10.5 Å². The second-order valence-corrected chi connectivity index (χ2v) is 4.46. The zero-order valence-electron chi connectivity index (χ0n) is 10.8. The molecular formula is C13H14F3N3O. The molecule has 0 saturated carbocycles. The minimum atomic E-state index is -4.69. The summed E-state index contributed by atoms with van der Waals surface area (Å²) in [4.78, 5) is 0. The number of alkyl halides is 3. The lowest BCUT2D eigenvalue weighted by molar-refractivity contribution is -0.274. The number of rotatable bonds is 3. The van der Waals surface area contributed by atoms with E-state index in [9.17, 15) is 13.2 Å². The van der Waals surface area contributed by atoms with Gasteiger partial charge in [-0.1, -0.05) is 6.92 Å². The monoisotopic (exact) mass is 285 g/mol. The highest BCUT2D eigenvalue weighted by atomic mass is 19.4. The van der Waals surface area contributed by atoms with E-state index in [1.54, 1.807) is 12.1 Å². The normalized spacial score (nSPS) is 19.3. The van der Waals surface area contributed by atoms with Gasteiger partial charge in [0.1, 0.15) is 11.6 Å². The number of hydrogen-bond donors (Lipinski definition) is 1. The van der Waals surface area contributed by atoms with Gasteiger partial charge in [0.25, 0.3) is 0 Å². The molecule has 7 heteroatoms. The lowest BCUT2D eigenvalue weighted by Crippen LogP contribution is -2.26. The molecule has 1 aliphatic heterocycles. The van der Waals surface area contributed by atoms with Crippen LogP contribution in [0.2, 0.25) is 0 Å². The van der Waals surface area contributed by atoms with Crippen LogP contribution in [0.15, 0.2) is 34.5 Å². The molecule has 0 radical (unpaired) electrons. The highest BCUT2D eigenvalue weighted by molar-refractivity contribution is 6.05. The Balaban J connectivity index is 2.21. The van der Waals surface area contributed by atoms with Crippen molar-refractivity contribution in [3.8, 4) is 5.75 Å². The molecule has 0 aliphatic carbocycles. The third kappa shape index (κ3) is 3.49. The van der Waals surface area contributed by atoms with Crippen LogP contribution in [0.1, 0.15) is 25.3 Å². The van der Waals surface area contributed by atoms with E-state index in [-0.39, 0.29) is 11.7 Å². The topological polar surface area (TPSA) is 60.0 Å². The van der Waals surface area contributed by atoms with Crippen LogP contribution >= 0.6 is 0 Å².